The first-order chi connectivity index (χ1) is 13.5. The van der Waals surface area contributed by atoms with Crippen molar-refractivity contribution in [1.82, 2.24) is 24.3 Å². The number of benzene rings is 1. The molecule has 0 saturated carbocycles. The van der Waals surface area contributed by atoms with Crippen LogP contribution in [0.15, 0.2) is 47.9 Å². The van der Waals surface area contributed by atoms with Gasteiger partial charge in [-0.2, -0.15) is 8.78 Å². The summed E-state index contributed by atoms with van der Waals surface area (Å²) < 4.78 is 34.7. The molecule has 0 aliphatic rings. The Balaban J connectivity index is 1.72. The molecule has 3 rings (SSSR count). The van der Waals surface area contributed by atoms with Gasteiger partial charge in [-0.3, -0.25) is 4.57 Å². The SMILES string of the molecule is CC(C)CCn1c(COc2ccccc2)nnc1SCc1nccn1C(F)F. The van der Waals surface area contributed by atoms with Crippen molar-refractivity contribution in [3.05, 3.63) is 54.4 Å². The van der Waals surface area contributed by atoms with Crippen molar-refractivity contribution in [3.63, 3.8) is 0 Å². The van der Waals surface area contributed by atoms with E-state index in [9.17, 15) is 8.78 Å². The fourth-order valence-electron chi connectivity index (χ4n) is 2.57. The van der Waals surface area contributed by atoms with Crippen LogP contribution >= 0.6 is 11.8 Å². The van der Waals surface area contributed by atoms with Crippen LogP contribution in [0.4, 0.5) is 8.78 Å². The van der Waals surface area contributed by atoms with Crippen LogP contribution in [0.25, 0.3) is 0 Å². The van der Waals surface area contributed by atoms with E-state index in [1.165, 1.54) is 24.2 Å². The minimum atomic E-state index is -2.60. The summed E-state index contributed by atoms with van der Waals surface area (Å²) in [6, 6.07) is 9.51. The van der Waals surface area contributed by atoms with Gasteiger partial charge in [-0.15, -0.1) is 10.2 Å². The van der Waals surface area contributed by atoms with Gasteiger partial charge >= 0.3 is 6.55 Å². The number of rotatable bonds is 10. The van der Waals surface area contributed by atoms with E-state index in [1.807, 2.05) is 34.9 Å². The predicted molar refractivity (Wildman–Crippen MR) is 103 cm³/mol. The van der Waals surface area contributed by atoms with Crippen LogP contribution in [-0.4, -0.2) is 24.3 Å². The van der Waals surface area contributed by atoms with Crippen LogP contribution in [-0.2, 0) is 18.9 Å². The number of alkyl halides is 2. The highest BCUT2D eigenvalue weighted by Crippen LogP contribution is 2.25. The highest BCUT2D eigenvalue weighted by atomic mass is 32.2. The normalized spacial score (nSPS) is 11.5. The molecule has 0 unspecified atom stereocenters. The van der Waals surface area contributed by atoms with Crippen molar-refractivity contribution in [3.8, 4) is 5.75 Å². The van der Waals surface area contributed by atoms with Crippen LogP contribution < -0.4 is 4.74 Å². The molecule has 3 aromatic rings. The summed E-state index contributed by atoms with van der Waals surface area (Å²) in [4.78, 5) is 4.02. The standard InChI is InChI=1S/C19H23F2N5OS/c1-14(2)8-10-26-16(12-27-15-6-4-3-5-7-15)23-24-19(26)28-13-17-22-9-11-25(17)18(20)21/h3-7,9,11,14,18H,8,10,12-13H2,1-2H3. The molecule has 0 atom stereocenters. The zero-order valence-corrected chi connectivity index (χ0v) is 16.6. The van der Waals surface area contributed by atoms with Gasteiger partial charge in [0.15, 0.2) is 11.0 Å². The zero-order chi connectivity index (χ0) is 19.9. The molecule has 1 aromatic carbocycles. The fraction of sp³-hybridized carbons (Fsp3) is 0.421. The zero-order valence-electron chi connectivity index (χ0n) is 15.8. The van der Waals surface area contributed by atoms with Crippen molar-refractivity contribution < 1.29 is 13.5 Å². The third-order valence-corrected chi connectivity index (χ3v) is 5.09. The minimum Gasteiger partial charge on any atom is -0.486 e. The number of imidazole rings is 1. The first-order valence-corrected chi connectivity index (χ1v) is 10.1. The van der Waals surface area contributed by atoms with E-state index >= 15 is 0 Å². The largest absolute Gasteiger partial charge is 0.486 e. The van der Waals surface area contributed by atoms with Gasteiger partial charge in [0.1, 0.15) is 18.2 Å². The number of para-hydroxylation sites is 1. The molecule has 150 valence electrons. The first kappa shape index (κ1) is 20.3. The molecule has 0 N–H and O–H groups in total. The van der Waals surface area contributed by atoms with Crippen molar-refractivity contribution >= 4 is 11.8 Å². The maximum absolute atomic E-state index is 13.0. The lowest BCUT2D eigenvalue weighted by atomic mass is 10.1. The second-order valence-electron chi connectivity index (χ2n) is 6.65. The summed E-state index contributed by atoms with van der Waals surface area (Å²) >= 11 is 1.35. The Morgan fingerprint density at radius 2 is 1.89 bits per heavy atom. The molecule has 0 radical (unpaired) electrons. The van der Waals surface area contributed by atoms with E-state index in [-0.39, 0.29) is 5.75 Å². The lowest BCUT2D eigenvalue weighted by Crippen LogP contribution is -2.10. The molecule has 9 heteroatoms. The topological polar surface area (TPSA) is 57.8 Å². The molecule has 0 fully saturated rings. The first-order valence-electron chi connectivity index (χ1n) is 9.07. The quantitative estimate of drug-likeness (QED) is 0.453. The monoisotopic (exact) mass is 407 g/mol. The third-order valence-electron chi connectivity index (χ3n) is 4.12. The van der Waals surface area contributed by atoms with Crippen LogP contribution in [0, 0.1) is 5.92 Å². The van der Waals surface area contributed by atoms with E-state index in [0.29, 0.717) is 29.3 Å². The molecule has 2 heterocycles. The Kier molecular flexibility index (Phi) is 7.02. The molecule has 28 heavy (non-hydrogen) atoms. The number of nitrogens with zero attached hydrogens (tertiary/aromatic N) is 5. The summed E-state index contributed by atoms with van der Waals surface area (Å²) in [6.45, 7) is 2.73. The number of hydrogen-bond acceptors (Lipinski definition) is 5. The highest BCUT2D eigenvalue weighted by molar-refractivity contribution is 7.98. The molecule has 6 nitrogen and oxygen atoms in total. The average Bonchev–Trinajstić information content (AvgIpc) is 3.30. The van der Waals surface area contributed by atoms with Crippen LogP contribution in [0.1, 0.15) is 38.5 Å². The average molecular weight is 407 g/mol. The molecule has 2 aromatic heterocycles. The summed E-state index contributed by atoms with van der Waals surface area (Å²) in [5.74, 6) is 2.58. The molecule has 0 aliphatic carbocycles. The smallest absolute Gasteiger partial charge is 0.319 e. The van der Waals surface area contributed by atoms with Crippen molar-refractivity contribution in [2.45, 2.75) is 50.9 Å². The van der Waals surface area contributed by atoms with E-state index in [1.54, 1.807) is 0 Å². The maximum Gasteiger partial charge on any atom is 0.319 e. The molecule has 0 saturated heterocycles. The third kappa shape index (κ3) is 5.31. The Morgan fingerprint density at radius 1 is 1.11 bits per heavy atom. The Morgan fingerprint density at radius 3 is 2.61 bits per heavy atom. The van der Waals surface area contributed by atoms with Crippen LogP contribution in [0.3, 0.4) is 0 Å². The van der Waals surface area contributed by atoms with Gasteiger partial charge in [0.05, 0.1) is 5.75 Å². The Hall–Kier alpha value is -2.42. The number of aromatic nitrogens is 5. The van der Waals surface area contributed by atoms with Gasteiger partial charge in [0.25, 0.3) is 0 Å². The molecule has 0 aliphatic heterocycles. The van der Waals surface area contributed by atoms with Crippen molar-refractivity contribution in [1.29, 1.82) is 0 Å². The second-order valence-corrected chi connectivity index (χ2v) is 7.59. The summed E-state index contributed by atoms with van der Waals surface area (Å²) in [7, 11) is 0. The van der Waals surface area contributed by atoms with Crippen molar-refractivity contribution in [2.24, 2.45) is 5.92 Å². The van der Waals surface area contributed by atoms with Gasteiger partial charge in [-0.05, 0) is 24.5 Å². The fourth-order valence-corrected chi connectivity index (χ4v) is 3.50. The highest BCUT2D eigenvalue weighted by Gasteiger charge is 2.17. The van der Waals surface area contributed by atoms with Gasteiger partial charge in [0, 0.05) is 18.9 Å². The summed E-state index contributed by atoms with van der Waals surface area (Å²) in [5.41, 5.74) is 0. The molecular weight excluding hydrogens is 384 g/mol. The number of ether oxygens (including phenoxy) is 1. The van der Waals surface area contributed by atoms with Gasteiger partial charge in [-0.25, -0.2) is 4.98 Å². The second kappa shape index (κ2) is 9.68. The van der Waals surface area contributed by atoms with Crippen LogP contribution in [0.2, 0.25) is 0 Å². The molecule has 0 spiro atoms. The van der Waals surface area contributed by atoms with E-state index in [2.05, 4.69) is 29.0 Å². The minimum absolute atomic E-state index is 0.288. The van der Waals surface area contributed by atoms with Gasteiger partial charge in [0.2, 0.25) is 0 Å². The van der Waals surface area contributed by atoms with Gasteiger partial charge < -0.3 is 9.30 Å². The number of hydrogen-bond donors (Lipinski definition) is 0. The lowest BCUT2D eigenvalue weighted by Gasteiger charge is -2.12. The Labute approximate surface area is 166 Å². The maximum atomic E-state index is 13.0. The van der Waals surface area contributed by atoms with E-state index < -0.39 is 6.55 Å². The molecular formula is C19H23F2N5OS. The van der Waals surface area contributed by atoms with Crippen LogP contribution in [0.5, 0.6) is 5.75 Å². The number of halogens is 2. The predicted octanol–water partition coefficient (Wildman–Crippen LogP) is 4.79. The summed E-state index contributed by atoms with van der Waals surface area (Å²) in [5, 5.41) is 9.19. The lowest BCUT2D eigenvalue weighted by molar-refractivity contribution is 0.0678. The van der Waals surface area contributed by atoms with Gasteiger partial charge in [-0.1, -0.05) is 43.8 Å². The van der Waals surface area contributed by atoms with E-state index in [0.717, 1.165) is 23.3 Å². The molecule has 0 bridgehead atoms. The Bertz CT molecular complexity index is 866. The van der Waals surface area contributed by atoms with Crippen molar-refractivity contribution in [2.75, 3.05) is 0 Å². The van der Waals surface area contributed by atoms with E-state index in [4.69, 9.17) is 4.74 Å². The summed E-state index contributed by atoms with van der Waals surface area (Å²) in [6.07, 6.45) is 3.61. The number of thioether (sulfide) groups is 1. The molecule has 0 amide bonds.